The monoisotopic (exact) mass is 867 g/mol. The molecule has 1 amide bonds. The predicted octanol–water partition coefficient (Wildman–Crippen LogP) is 7.62. The number of carbonyl (C=O) groups excluding carboxylic acids is 3. The Balaban J connectivity index is 1.48. The van der Waals surface area contributed by atoms with Gasteiger partial charge in [-0.15, -0.1) is 0 Å². The van der Waals surface area contributed by atoms with Crippen molar-refractivity contribution in [2.45, 2.75) is 70.4 Å². The SMILES string of the molecule is CNC1(c2ccc(Cl)cc2F)C(CC(C)(C)C)NC(CC(=O)Nc2ccc(C(=O)OC(C)OC(=O)OCCOCCOCCOC)cc2OC)C1c1cccc(Cl)c1F. The topological polar surface area (TPSA) is 152 Å². The summed E-state index contributed by atoms with van der Waals surface area (Å²) in [5.41, 5.74) is -0.850. The molecule has 5 unspecified atom stereocenters. The van der Waals surface area contributed by atoms with Crippen molar-refractivity contribution >= 4 is 46.9 Å². The highest BCUT2D eigenvalue weighted by atomic mass is 35.5. The zero-order valence-electron chi connectivity index (χ0n) is 34.3. The van der Waals surface area contributed by atoms with E-state index in [0.29, 0.717) is 32.8 Å². The van der Waals surface area contributed by atoms with Crippen molar-refractivity contribution in [3.05, 3.63) is 93.0 Å². The van der Waals surface area contributed by atoms with Crippen LogP contribution in [0, 0.1) is 17.0 Å². The second-order valence-corrected chi connectivity index (χ2v) is 15.9. The molecule has 1 saturated heterocycles. The summed E-state index contributed by atoms with van der Waals surface area (Å²) in [5, 5.41) is 9.84. The number of carbonyl (C=O) groups is 3. The van der Waals surface area contributed by atoms with E-state index in [2.05, 4.69) is 16.0 Å². The molecule has 0 aliphatic carbocycles. The van der Waals surface area contributed by atoms with E-state index in [9.17, 15) is 14.4 Å². The number of anilines is 1. The summed E-state index contributed by atoms with van der Waals surface area (Å²) in [6, 6.07) is 12.0. The lowest BCUT2D eigenvalue weighted by Crippen LogP contribution is -2.54. The summed E-state index contributed by atoms with van der Waals surface area (Å²) in [4.78, 5) is 39.0. The third-order valence-electron chi connectivity index (χ3n) is 9.68. The molecule has 1 heterocycles. The molecule has 0 bridgehead atoms. The number of methoxy groups -OCH3 is 2. The predicted molar refractivity (Wildman–Crippen MR) is 218 cm³/mol. The highest BCUT2D eigenvalue weighted by Gasteiger charge is 2.58. The summed E-state index contributed by atoms with van der Waals surface area (Å²) in [6.45, 7) is 9.05. The summed E-state index contributed by atoms with van der Waals surface area (Å²) in [6.07, 6.45) is -2.05. The Morgan fingerprint density at radius 2 is 1.61 bits per heavy atom. The van der Waals surface area contributed by atoms with Crippen molar-refractivity contribution in [1.82, 2.24) is 10.6 Å². The molecule has 3 aromatic rings. The fourth-order valence-corrected chi connectivity index (χ4v) is 7.62. The van der Waals surface area contributed by atoms with Gasteiger partial charge in [0.15, 0.2) is 0 Å². The minimum atomic E-state index is -1.31. The van der Waals surface area contributed by atoms with Gasteiger partial charge in [0.05, 0.1) is 62.0 Å². The van der Waals surface area contributed by atoms with Crippen LogP contribution >= 0.6 is 23.2 Å². The van der Waals surface area contributed by atoms with Gasteiger partial charge in [-0.3, -0.25) is 4.79 Å². The third kappa shape index (κ3) is 12.7. The molecular weight excluding hydrogens is 815 g/mol. The van der Waals surface area contributed by atoms with Crippen molar-refractivity contribution < 1.29 is 56.3 Å². The normalized spacial score (nSPS) is 19.5. The quantitative estimate of drug-likeness (QED) is 0.0582. The van der Waals surface area contributed by atoms with Gasteiger partial charge < -0.3 is 49.1 Å². The van der Waals surface area contributed by atoms with Crippen molar-refractivity contribution in [2.75, 3.05) is 66.2 Å². The summed E-state index contributed by atoms with van der Waals surface area (Å²) < 4.78 is 68.3. The number of benzene rings is 3. The maximum Gasteiger partial charge on any atom is 0.511 e. The number of hydrogen-bond acceptors (Lipinski definition) is 12. The van der Waals surface area contributed by atoms with Crippen LogP contribution in [0.2, 0.25) is 10.0 Å². The van der Waals surface area contributed by atoms with E-state index >= 15 is 8.78 Å². The van der Waals surface area contributed by atoms with E-state index in [0.717, 1.165) is 0 Å². The number of hydrogen-bond donors (Lipinski definition) is 3. The van der Waals surface area contributed by atoms with Crippen molar-refractivity contribution in [3.63, 3.8) is 0 Å². The first-order valence-corrected chi connectivity index (χ1v) is 19.8. The molecule has 324 valence electrons. The molecule has 5 atom stereocenters. The van der Waals surface area contributed by atoms with Crippen molar-refractivity contribution in [1.29, 1.82) is 0 Å². The van der Waals surface area contributed by atoms with E-state index in [1.165, 1.54) is 44.4 Å². The van der Waals surface area contributed by atoms with Gasteiger partial charge in [0.2, 0.25) is 12.2 Å². The number of nitrogens with one attached hydrogen (secondary N) is 3. The van der Waals surface area contributed by atoms with Crippen molar-refractivity contribution in [3.8, 4) is 5.75 Å². The second-order valence-electron chi connectivity index (χ2n) is 15.0. The average Bonchev–Trinajstić information content (AvgIpc) is 3.45. The lowest BCUT2D eigenvalue weighted by Gasteiger charge is -2.43. The molecular formula is C42H53Cl2F2N3O10. The van der Waals surface area contributed by atoms with E-state index in [4.69, 9.17) is 56.4 Å². The molecule has 1 fully saturated rings. The Morgan fingerprint density at radius 1 is 0.915 bits per heavy atom. The van der Waals surface area contributed by atoms with Gasteiger partial charge in [-0.05, 0) is 60.8 Å². The number of ether oxygens (including phenoxy) is 7. The van der Waals surface area contributed by atoms with Gasteiger partial charge in [0.1, 0.15) is 24.0 Å². The average molecular weight is 869 g/mol. The molecule has 3 N–H and O–H groups in total. The van der Waals surface area contributed by atoms with Crippen LogP contribution in [-0.4, -0.2) is 97.3 Å². The summed E-state index contributed by atoms with van der Waals surface area (Å²) in [5.74, 6) is -3.33. The van der Waals surface area contributed by atoms with Gasteiger partial charge in [0, 0.05) is 49.0 Å². The van der Waals surface area contributed by atoms with Crippen LogP contribution < -0.4 is 20.7 Å². The van der Waals surface area contributed by atoms with E-state index in [1.807, 2.05) is 20.8 Å². The Hall–Kier alpha value is -4.09. The molecule has 0 spiro atoms. The maximum atomic E-state index is 16.1. The Kier molecular flexibility index (Phi) is 17.7. The Morgan fingerprint density at radius 3 is 2.25 bits per heavy atom. The van der Waals surface area contributed by atoms with Gasteiger partial charge in [-0.1, -0.05) is 62.2 Å². The van der Waals surface area contributed by atoms with Crippen LogP contribution in [0.25, 0.3) is 0 Å². The van der Waals surface area contributed by atoms with Crippen LogP contribution in [0.3, 0.4) is 0 Å². The van der Waals surface area contributed by atoms with Crippen LogP contribution in [-0.2, 0) is 38.8 Å². The fourth-order valence-electron chi connectivity index (χ4n) is 7.28. The standard InChI is InChI=1S/C42H53Cl2F2N3O10/c1-25(59-40(52)57-20-19-56-18-17-55-16-15-53-6)58-39(51)26-11-14-32(34(21-26)54-7)49-36(50)23-33-37(28-9-8-10-30(44)38(28)46)42(47-5,35(48-33)24-41(2,3)4)29-13-12-27(43)22-31(29)45/h8-14,21-22,25,33,35,37,47-48H,15-20,23-24H2,1-7H3,(H,49,50). The van der Waals surface area contributed by atoms with Gasteiger partial charge in [-0.2, -0.15) is 0 Å². The molecule has 17 heteroatoms. The van der Waals surface area contributed by atoms with E-state index < -0.39 is 59.5 Å². The largest absolute Gasteiger partial charge is 0.511 e. The van der Waals surface area contributed by atoms with Gasteiger partial charge in [0.25, 0.3) is 0 Å². The molecule has 0 radical (unpaired) electrons. The first kappa shape index (κ1) is 47.6. The zero-order valence-corrected chi connectivity index (χ0v) is 35.8. The second kappa shape index (κ2) is 22.0. The highest BCUT2D eigenvalue weighted by molar-refractivity contribution is 6.31. The van der Waals surface area contributed by atoms with Gasteiger partial charge >= 0.3 is 12.1 Å². The number of amides is 1. The molecule has 4 rings (SSSR count). The Labute approximate surface area is 353 Å². The molecule has 59 heavy (non-hydrogen) atoms. The maximum absolute atomic E-state index is 16.1. The van der Waals surface area contributed by atoms with Gasteiger partial charge in [-0.25, -0.2) is 18.4 Å². The summed E-state index contributed by atoms with van der Waals surface area (Å²) >= 11 is 12.5. The van der Waals surface area contributed by atoms with E-state index in [-0.39, 0.29) is 63.2 Å². The number of halogens is 4. The van der Waals surface area contributed by atoms with Crippen LogP contribution in [0.15, 0.2) is 54.6 Å². The summed E-state index contributed by atoms with van der Waals surface area (Å²) in [7, 11) is 4.61. The minimum Gasteiger partial charge on any atom is -0.495 e. The zero-order chi connectivity index (χ0) is 43.3. The number of rotatable bonds is 20. The molecule has 13 nitrogen and oxygen atoms in total. The van der Waals surface area contributed by atoms with Crippen LogP contribution in [0.4, 0.5) is 19.3 Å². The Bertz CT molecular complexity index is 1900. The molecule has 1 aliphatic rings. The smallest absolute Gasteiger partial charge is 0.495 e. The van der Waals surface area contributed by atoms with Crippen LogP contribution in [0.5, 0.6) is 5.75 Å². The lowest BCUT2D eigenvalue weighted by atomic mass is 9.67. The molecule has 3 aromatic carbocycles. The van der Waals surface area contributed by atoms with E-state index in [1.54, 1.807) is 38.4 Å². The first-order chi connectivity index (χ1) is 28.0. The number of esters is 1. The minimum absolute atomic E-state index is 0.0348. The third-order valence-corrected chi connectivity index (χ3v) is 10.2. The van der Waals surface area contributed by atoms with Crippen molar-refractivity contribution in [2.24, 2.45) is 5.41 Å². The molecule has 0 saturated carbocycles. The fraction of sp³-hybridized carbons (Fsp3) is 0.500. The highest BCUT2D eigenvalue weighted by Crippen LogP contribution is 2.52. The lowest BCUT2D eigenvalue weighted by molar-refractivity contribution is -0.116. The van der Waals surface area contributed by atoms with Crippen LogP contribution in [0.1, 0.15) is 67.9 Å². The first-order valence-electron chi connectivity index (χ1n) is 19.1. The molecule has 0 aromatic heterocycles. The molecule has 1 aliphatic heterocycles. The number of likely N-dealkylation sites (N-methyl/N-ethyl adjacent to an activating group) is 1.